The van der Waals surface area contributed by atoms with E-state index in [9.17, 15) is 4.79 Å². The van der Waals surface area contributed by atoms with Gasteiger partial charge in [-0.25, -0.2) is 4.79 Å². The van der Waals surface area contributed by atoms with Crippen molar-refractivity contribution < 1.29 is 14.3 Å². The predicted octanol–water partition coefficient (Wildman–Crippen LogP) is 4.41. The molecule has 2 aromatic rings. The van der Waals surface area contributed by atoms with Crippen LogP contribution in [0.1, 0.15) is 42.1 Å². The summed E-state index contributed by atoms with van der Waals surface area (Å²) < 4.78 is 11.3. The number of benzene rings is 2. The molecule has 0 aliphatic heterocycles. The van der Waals surface area contributed by atoms with Gasteiger partial charge in [0, 0.05) is 5.56 Å². The van der Waals surface area contributed by atoms with E-state index < -0.39 is 0 Å². The molecule has 0 heterocycles. The van der Waals surface area contributed by atoms with Crippen LogP contribution in [0.5, 0.6) is 11.5 Å². The third-order valence-corrected chi connectivity index (χ3v) is 4.07. The zero-order chi connectivity index (χ0) is 19.1. The molecule has 0 aliphatic carbocycles. The Balaban J connectivity index is 1.90. The number of aryl methyl sites for hydroxylation is 3. The lowest BCUT2D eigenvalue weighted by Gasteiger charge is -2.19. The quantitative estimate of drug-likeness (QED) is 0.723. The summed E-state index contributed by atoms with van der Waals surface area (Å²) in [7, 11) is 0. The molecule has 5 nitrogen and oxygen atoms in total. The van der Waals surface area contributed by atoms with Crippen LogP contribution in [-0.2, 0) is 0 Å². The van der Waals surface area contributed by atoms with Gasteiger partial charge in [-0.3, -0.25) is 0 Å². The molecular formula is C21H28N2O3. The molecule has 2 aromatic carbocycles. The fourth-order valence-corrected chi connectivity index (χ4v) is 2.76. The minimum absolute atomic E-state index is 0.106. The van der Waals surface area contributed by atoms with Gasteiger partial charge in [0.2, 0.25) is 0 Å². The normalized spacial score (nSPS) is 11.6. The Morgan fingerprint density at radius 3 is 2.31 bits per heavy atom. The highest BCUT2D eigenvalue weighted by atomic mass is 16.5. The van der Waals surface area contributed by atoms with Gasteiger partial charge in [0.05, 0.1) is 12.6 Å². The molecule has 0 bridgehead atoms. The first kappa shape index (κ1) is 19.6. The first-order chi connectivity index (χ1) is 12.4. The van der Waals surface area contributed by atoms with Crippen molar-refractivity contribution in [2.75, 3.05) is 13.3 Å². The third-order valence-electron chi connectivity index (χ3n) is 4.07. The summed E-state index contributed by atoms with van der Waals surface area (Å²) in [6.45, 7) is 10.6. The van der Waals surface area contributed by atoms with Crippen molar-refractivity contribution in [3.8, 4) is 11.5 Å². The number of ether oxygens (including phenoxy) is 2. The molecule has 2 rings (SSSR count). The number of nitrogens with one attached hydrogen (secondary N) is 2. The Kier molecular flexibility index (Phi) is 6.89. The monoisotopic (exact) mass is 356 g/mol. The SMILES string of the molecule is CCOc1ccc(C)cc1C(C)NC(=O)NCOc1ccc(C)cc1C. The molecule has 0 saturated heterocycles. The van der Waals surface area contributed by atoms with Gasteiger partial charge < -0.3 is 20.1 Å². The van der Waals surface area contributed by atoms with E-state index in [0.717, 1.165) is 28.2 Å². The van der Waals surface area contributed by atoms with Gasteiger partial charge in [0.1, 0.15) is 11.5 Å². The maximum absolute atomic E-state index is 12.2. The minimum Gasteiger partial charge on any atom is -0.494 e. The van der Waals surface area contributed by atoms with E-state index in [1.165, 1.54) is 5.56 Å². The standard InChI is InChI=1S/C21H28N2O3/c1-6-25-20-10-8-15(3)12-18(20)17(5)23-21(24)22-13-26-19-9-7-14(2)11-16(19)4/h7-12,17H,6,13H2,1-5H3,(H2,22,23,24). The summed E-state index contributed by atoms with van der Waals surface area (Å²) in [4.78, 5) is 12.2. The molecule has 0 saturated carbocycles. The smallest absolute Gasteiger partial charge is 0.317 e. The van der Waals surface area contributed by atoms with Crippen LogP contribution in [0.3, 0.4) is 0 Å². The van der Waals surface area contributed by atoms with E-state index in [1.54, 1.807) is 0 Å². The summed E-state index contributed by atoms with van der Waals surface area (Å²) in [6.07, 6.45) is 0. The second-order valence-corrected chi connectivity index (χ2v) is 6.40. The first-order valence-electron chi connectivity index (χ1n) is 8.88. The highest BCUT2D eigenvalue weighted by Crippen LogP contribution is 2.26. The zero-order valence-electron chi connectivity index (χ0n) is 16.2. The number of amides is 2. The topological polar surface area (TPSA) is 59.6 Å². The summed E-state index contributed by atoms with van der Waals surface area (Å²) in [5, 5.41) is 5.65. The Bertz CT molecular complexity index is 759. The van der Waals surface area contributed by atoms with Gasteiger partial charge in [-0.05, 0) is 52.3 Å². The van der Waals surface area contributed by atoms with Crippen LogP contribution in [0.2, 0.25) is 0 Å². The Morgan fingerprint density at radius 1 is 1.00 bits per heavy atom. The summed E-state index contributed by atoms with van der Waals surface area (Å²) in [5.41, 5.74) is 4.30. The predicted molar refractivity (Wildman–Crippen MR) is 104 cm³/mol. The lowest BCUT2D eigenvalue weighted by molar-refractivity contribution is 0.220. The van der Waals surface area contributed by atoms with Gasteiger partial charge >= 0.3 is 6.03 Å². The number of carbonyl (C=O) groups excluding carboxylic acids is 1. The van der Waals surface area contributed by atoms with E-state index in [2.05, 4.69) is 10.6 Å². The number of rotatable bonds is 7. The van der Waals surface area contributed by atoms with Crippen LogP contribution < -0.4 is 20.1 Å². The van der Waals surface area contributed by atoms with Crippen molar-refractivity contribution in [3.05, 3.63) is 58.7 Å². The highest BCUT2D eigenvalue weighted by Gasteiger charge is 2.14. The Morgan fingerprint density at radius 2 is 1.65 bits per heavy atom. The fraction of sp³-hybridized carbons (Fsp3) is 0.381. The van der Waals surface area contributed by atoms with Gasteiger partial charge in [0.15, 0.2) is 6.73 Å². The lowest BCUT2D eigenvalue weighted by atomic mass is 10.0. The molecule has 5 heteroatoms. The average Bonchev–Trinajstić information content (AvgIpc) is 2.58. The van der Waals surface area contributed by atoms with E-state index >= 15 is 0 Å². The van der Waals surface area contributed by atoms with E-state index in [0.29, 0.717) is 6.61 Å². The number of urea groups is 1. The molecule has 1 atom stereocenters. The molecule has 2 N–H and O–H groups in total. The summed E-state index contributed by atoms with van der Waals surface area (Å²) in [6, 6.07) is 11.4. The summed E-state index contributed by atoms with van der Waals surface area (Å²) >= 11 is 0. The van der Waals surface area contributed by atoms with Crippen molar-refractivity contribution in [1.82, 2.24) is 10.6 Å². The average molecular weight is 356 g/mol. The van der Waals surface area contributed by atoms with Crippen LogP contribution in [0.4, 0.5) is 4.79 Å². The molecule has 0 fully saturated rings. The largest absolute Gasteiger partial charge is 0.494 e. The van der Waals surface area contributed by atoms with E-state index in [4.69, 9.17) is 9.47 Å². The van der Waals surface area contributed by atoms with Crippen LogP contribution in [0, 0.1) is 20.8 Å². The maximum Gasteiger partial charge on any atom is 0.317 e. The van der Waals surface area contributed by atoms with Gasteiger partial charge in [-0.1, -0.05) is 35.4 Å². The Labute approximate surface area is 155 Å². The Hall–Kier alpha value is -2.69. The van der Waals surface area contributed by atoms with Crippen LogP contribution in [0.25, 0.3) is 0 Å². The molecule has 0 aromatic heterocycles. The molecule has 140 valence electrons. The van der Waals surface area contributed by atoms with Crippen molar-refractivity contribution in [2.24, 2.45) is 0 Å². The molecule has 0 spiro atoms. The van der Waals surface area contributed by atoms with Crippen molar-refractivity contribution >= 4 is 6.03 Å². The van der Waals surface area contributed by atoms with Crippen LogP contribution in [-0.4, -0.2) is 19.4 Å². The van der Waals surface area contributed by atoms with Gasteiger partial charge in [-0.15, -0.1) is 0 Å². The summed E-state index contributed by atoms with van der Waals surface area (Å²) in [5.74, 6) is 1.55. The van der Waals surface area contributed by atoms with Crippen molar-refractivity contribution in [1.29, 1.82) is 0 Å². The van der Waals surface area contributed by atoms with Gasteiger partial charge in [0.25, 0.3) is 0 Å². The first-order valence-corrected chi connectivity index (χ1v) is 8.88. The van der Waals surface area contributed by atoms with Gasteiger partial charge in [-0.2, -0.15) is 0 Å². The molecule has 0 radical (unpaired) electrons. The van der Waals surface area contributed by atoms with Crippen LogP contribution >= 0.6 is 0 Å². The zero-order valence-corrected chi connectivity index (χ0v) is 16.2. The maximum atomic E-state index is 12.2. The molecule has 0 aliphatic rings. The van der Waals surface area contributed by atoms with Crippen molar-refractivity contribution in [2.45, 2.75) is 40.7 Å². The highest BCUT2D eigenvalue weighted by molar-refractivity contribution is 5.74. The molecular weight excluding hydrogens is 328 g/mol. The van der Waals surface area contributed by atoms with Crippen LogP contribution in [0.15, 0.2) is 36.4 Å². The molecule has 26 heavy (non-hydrogen) atoms. The number of hydrogen-bond acceptors (Lipinski definition) is 3. The molecule has 2 amide bonds. The lowest BCUT2D eigenvalue weighted by Crippen LogP contribution is -2.39. The molecule has 1 unspecified atom stereocenters. The number of carbonyl (C=O) groups is 1. The van der Waals surface area contributed by atoms with E-state index in [1.807, 2.05) is 71.0 Å². The van der Waals surface area contributed by atoms with Crippen molar-refractivity contribution in [3.63, 3.8) is 0 Å². The minimum atomic E-state index is -0.286. The van der Waals surface area contributed by atoms with E-state index in [-0.39, 0.29) is 18.8 Å². The second-order valence-electron chi connectivity index (χ2n) is 6.40. The third kappa shape index (κ3) is 5.41. The second kappa shape index (κ2) is 9.13. The fourth-order valence-electron chi connectivity index (χ4n) is 2.76. The number of hydrogen-bond donors (Lipinski definition) is 2.